The number of nitrogens with one attached hydrogen (secondary N) is 1. The van der Waals surface area contributed by atoms with E-state index in [0.29, 0.717) is 17.2 Å². The molecule has 0 aliphatic carbocycles. The molecule has 1 amide bonds. The monoisotopic (exact) mass is 268 g/mol. The van der Waals surface area contributed by atoms with Crippen LogP contribution in [0.15, 0.2) is 16.9 Å². The van der Waals surface area contributed by atoms with E-state index >= 15 is 0 Å². The summed E-state index contributed by atoms with van der Waals surface area (Å²) in [7, 11) is 0. The third-order valence-corrected chi connectivity index (χ3v) is 3.10. The number of likely N-dealkylation sites (tertiary alicyclic amines) is 1. The Hall–Kier alpha value is -1.47. The summed E-state index contributed by atoms with van der Waals surface area (Å²) >= 11 is 4.88. The topological polar surface area (TPSA) is 84.4 Å². The zero-order chi connectivity index (χ0) is 13.0. The fraction of sp³-hybridized carbons (Fsp3) is 0.545. The normalized spacial score (nSPS) is 17.6. The van der Waals surface area contributed by atoms with E-state index in [-0.39, 0.29) is 11.9 Å². The van der Waals surface area contributed by atoms with E-state index in [4.69, 9.17) is 18.0 Å². The van der Waals surface area contributed by atoms with Gasteiger partial charge < -0.3 is 15.6 Å². The van der Waals surface area contributed by atoms with E-state index in [2.05, 4.69) is 19.9 Å². The molecule has 1 fully saturated rings. The lowest BCUT2D eigenvalue weighted by atomic mass is 10.0. The van der Waals surface area contributed by atoms with Crippen LogP contribution in [0.25, 0.3) is 0 Å². The summed E-state index contributed by atoms with van der Waals surface area (Å²) in [6, 6.07) is 1.73. The second kappa shape index (κ2) is 5.92. The van der Waals surface area contributed by atoms with Gasteiger partial charge in [-0.2, -0.15) is 0 Å². The first-order valence-electron chi connectivity index (χ1n) is 5.87. The van der Waals surface area contributed by atoms with Gasteiger partial charge in [0.1, 0.15) is 6.26 Å². The van der Waals surface area contributed by atoms with Gasteiger partial charge >= 0.3 is 0 Å². The average molecular weight is 268 g/mol. The summed E-state index contributed by atoms with van der Waals surface area (Å²) in [6.07, 6.45) is 3.18. The van der Waals surface area contributed by atoms with Gasteiger partial charge in [-0.25, -0.2) is 0 Å². The van der Waals surface area contributed by atoms with Crippen LogP contribution >= 0.6 is 12.2 Å². The molecule has 0 aromatic carbocycles. The van der Waals surface area contributed by atoms with Gasteiger partial charge in [0.2, 0.25) is 0 Å². The summed E-state index contributed by atoms with van der Waals surface area (Å²) in [5.41, 5.74) is 5.82. The number of thiocarbonyl (C=S) groups is 1. The van der Waals surface area contributed by atoms with Gasteiger partial charge in [-0.05, 0) is 12.8 Å². The maximum atomic E-state index is 11.7. The number of carbonyl (C=O) groups excluding carboxylic acids is 1. The minimum atomic E-state index is -0.184. The zero-order valence-electron chi connectivity index (χ0n) is 9.96. The molecule has 0 spiro atoms. The summed E-state index contributed by atoms with van der Waals surface area (Å²) in [5.74, 6) is -0.184. The number of piperidine rings is 1. The molecule has 7 heteroatoms. The summed E-state index contributed by atoms with van der Waals surface area (Å²) in [6.45, 7) is 2.43. The van der Waals surface area contributed by atoms with Gasteiger partial charge in [-0.1, -0.05) is 17.4 Å². The van der Waals surface area contributed by atoms with Crippen molar-refractivity contribution in [3.63, 3.8) is 0 Å². The fourth-order valence-electron chi connectivity index (χ4n) is 2.04. The van der Waals surface area contributed by atoms with Crippen molar-refractivity contribution >= 4 is 23.1 Å². The van der Waals surface area contributed by atoms with Crippen LogP contribution in [0, 0.1) is 0 Å². The lowest BCUT2D eigenvalue weighted by molar-refractivity contribution is 0.0905. The van der Waals surface area contributed by atoms with Crippen molar-refractivity contribution < 1.29 is 9.32 Å². The lowest BCUT2D eigenvalue weighted by Crippen LogP contribution is -2.46. The molecule has 98 valence electrons. The first-order chi connectivity index (χ1) is 8.65. The van der Waals surface area contributed by atoms with Crippen molar-refractivity contribution in [1.29, 1.82) is 0 Å². The molecule has 1 aliphatic rings. The van der Waals surface area contributed by atoms with Gasteiger partial charge in [0.15, 0.2) is 5.69 Å². The maximum Gasteiger partial charge on any atom is 0.273 e. The molecule has 0 unspecified atom stereocenters. The highest BCUT2D eigenvalue weighted by atomic mass is 32.1. The molecule has 2 rings (SSSR count). The van der Waals surface area contributed by atoms with E-state index in [1.807, 2.05) is 0 Å². The van der Waals surface area contributed by atoms with Gasteiger partial charge in [0.25, 0.3) is 5.91 Å². The van der Waals surface area contributed by atoms with Crippen molar-refractivity contribution in [2.75, 3.05) is 19.6 Å². The molecular formula is C11H16N4O2S. The Morgan fingerprint density at radius 1 is 1.61 bits per heavy atom. The molecule has 18 heavy (non-hydrogen) atoms. The average Bonchev–Trinajstić information content (AvgIpc) is 2.84. The third-order valence-electron chi connectivity index (χ3n) is 2.97. The fourth-order valence-corrected chi connectivity index (χ4v) is 2.23. The molecule has 0 radical (unpaired) electrons. The minimum Gasteiger partial charge on any atom is -0.392 e. The molecule has 1 aromatic rings. The highest BCUT2D eigenvalue weighted by Gasteiger charge is 2.22. The largest absolute Gasteiger partial charge is 0.392 e. The van der Waals surface area contributed by atoms with Crippen LogP contribution in [0.1, 0.15) is 23.3 Å². The van der Waals surface area contributed by atoms with Gasteiger partial charge in [-0.15, -0.1) is 0 Å². The molecular weight excluding hydrogens is 252 g/mol. The minimum absolute atomic E-state index is 0.178. The summed E-state index contributed by atoms with van der Waals surface area (Å²) < 4.78 is 4.64. The van der Waals surface area contributed by atoms with Crippen LogP contribution in [0.3, 0.4) is 0 Å². The smallest absolute Gasteiger partial charge is 0.273 e. The van der Waals surface area contributed by atoms with Crippen molar-refractivity contribution in [3.05, 3.63) is 18.0 Å². The molecule has 1 aliphatic heterocycles. The molecule has 0 bridgehead atoms. The van der Waals surface area contributed by atoms with Gasteiger partial charge in [0.05, 0.1) is 4.99 Å². The highest BCUT2D eigenvalue weighted by Crippen LogP contribution is 2.10. The van der Waals surface area contributed by atoms with Crippen molar-refractivity contribution in [2.45, 2.75) is 18.9 Å². The summed E-state index contributed by atoms with van der Waals surface area (Å²) in [4.78, 5) is 14.5. The van der Waals surface area contributed by atoms with E-state index in [9.17, 15) is 4.79 Å². The molecule has 6 nitrogen and oxygen atoms in total. The molecule has 2 heterocycles. The predicted molar refractivity (Wildman–Crippen MR) is 70.2 cm³/mol. The zero-order valence-corrected chi connectivity index (χ0v) is 10.8. The molecule has 1 aromatic heterocycles. The number of rotatable bonds is 4. The Kier molecular flexibility index (Phi) is 4.27. The SMILES string of the molecule is NC(=S)CN1CCC(NC(=O)c2ccon2)CC1. The Balaban J connectivity index is 1.77. The molecule has 1 saturated heterocycles. The van der Waals surface area contributed by atoms with Crippen LogP contribution in [0.5, 0.6) is 0 Å². The maximum absolute atomic E-state index is 11.7. The first kappa shape index (κ1) is 13.0. The van der Waals surface area contributed by atoms with Crippen molar-refractivity contribution in [3.8, 4) is 0 Å². The second-order valence-electron chi connectivity index (χ2n) is 4.37. The van der Waals surface area contributed by atoms with Crippen molar-refractivity contribution in [2.24, 2.45) is 5.73 Å². The highest BCUT2D eigenvalue weighted by molar-refractivity contribution is 7.80. The number of aromatic nitrogens is 1. The summed E-state index contributed by atoms with van der Waals surface area (Å²) in [5, 5.41) is 6.55. The van der Waals surface area contributed by atoms with Gasteiger partial charge in [-0.3, -0.25) is 9.69 Å². The van der Waals surface area contributed by atoms with Crippen molar-refractivity contribution in [1.82, 2.24) is 15.4 Å². The number of carbonyl (C=O) groups is 1. The van der Waals surface area contributed by atoms with Crippen LogP contribution in [0.4, 0.5) is 0 Å². The quantitative estimate of drug-likeness (QED) is 0.757. The Bertz CT molecular complexity index is 413. The number of amides is 1. The van der Waals surface area contributed by atoms with E-state index in [1.165, 1.54) is 6.26 Å². The third kappa shape index (κ3) is 3.51. The Labute approximate surface area is 110 Å². The van der Waals surface area contributed by atoms with Crippen LogP contribution in [0.2, 0.25) is 0 Å². The van der Waals surface area contributed by atoms with E-state index in [0.717, 1.165) is 25.9 Å². The number of nitrogens with two attached hydrogens (primary N) is 1. The molecule has 0 atom stereocenters. The lowest BCUT2D eigenvalue weighted by Gasteiger charge is -2.31. The van der Waals surface area contributed by atoms with Crippen LogP contribution in [-0.4, -0.2) is 46.6 Å². The van der Waals surface area contributed by atoms with E-state index < -0.39 is 0 Å². The number of hydrogen-bond acceptors (Lipinski definition) is 5. The number of hydrogen-bond donors (Lipinski definition) is 2. The number of nitrogens with zero attached hydrogens (tertiary/aromatic N) is 2. The standard InChI is InChI=1S/C11H16N4O2S/c12-10(18)7-15-4-1-8(2-5-15)13-11(16)9-3-6-17-14-9/h3,6,8H,1-2,4-5,7H2,(H2,12,18)(H,13,16). The van der Waals surface area contributed by atoms with Crippen LogP contribution < -0.4 is 11.1 Å². The van der Waals surface area contributed by atoms with Crippen LogP contribution in [-0.2, 0) is 0 Å². The Morgan fingerprint density at radius 3 is 2.89 bits per heavy atom. The predicted octanol–water partition coefficient (Wildman–Crippen LogP) is 0.155. The molecule has 3 N–H and O–H groups in total. The van der Waals surface area contributed by atoms with Gasteiger partial charge in [0, 0.05) is 31.7 Å². The van der Waals surface area contributed by atoms with E-state index in [1.54, 1.807) is 6.07 Å². The first-order valence-corrected chi connectivity index (χ1v) is 6.28. The Morgan fingerprint density at radius 2 is 2.33 bits per heavy atom. The second-order valence-corrected chi connectivity index (χ2v) is 4.90. The molecule has 0 saturated carbocycles.